The number of hydrogen-bond acceptors (Lipinski definition) is 8. The molecule has 1 aromatic heterocycles. The lowest BCUT2D eigenvalue weighted by Gasteiger charge is -2.31. The van der Waals surface area contributed by atoms with Crippen molar-refractivity contribution < 1.29 is 31.8 Å². The summed E-state index contributed by atoms with van der Waals surface area (Å²) in [5.74, 6) is -0.0242. The second kappa shape index (κ2) is 20.1. The molecule has 296 valence electrons. The molecule has 1 unspecified atom stereocenters. The molecular formula is C42H54N4O7S2. The third-order valence-corrected chi connectivity index (χ3v) is 11.2. The van der Waals surface area contributed by atoms with E-state index in [0.29, 0.717) is 49.0 Å². The predicted molar refractivity (Wildman–Crippen MR) is 220 cm³/mol. The van der Waals surface area contributed by atoms with Crippen LogP contribution in [0.25, 0.3) is 17.2 Å². The van der Waals surface area contributed by atoms with Crippen molar-refractivity contribution in [3.8, 4) is 16.9 Å². The molecule has 0 saturated heterocycles. The molecule has 11 nitrogen and oxygen atoms in total. The monoisotopic (exact) mass is 790 g/mol. The number of aromatic nitrogens is 2. The summed E-state index contributed by atoms with van der Waals surface area (Å²) in [5, 5.41) is 0. The SMILES string of the molecule is CCCCOCCOc1ccc(-c2ccc3c(c2)/C=C(/C(=O)N(CS(=O)(=O)O)c2ccc([S+]([O-])Cc4cncn4CCC)cc2)CCCN3CC(C)C)cc1. The molecule has 3 aromatic carbocycles. The van der Waals surface area contributed by atoms with Crippen LogP contribution in [0, 0.1) is 5.92 Å². The minimum Gasteiger partial charge on any atom is -0.611 e. The molecule has 0 fully saturated rings. The number of unbranched alkanes of at least 4 members (excludes halogenated alkanes) is 1. The summed E-state index contributed by atoms with van der Waals surface area (Å²) in [7, 11) is -4.60. The normalized spacial score (nSPS) is 14.8. The molecule has 0 bridgehead atoms. The maximum Gasteiger partial charge on any atom is 0.283 e. The van der Waals surface area contributed by atoms with Gasteiger partial charge in [-0.25, -0.2) is 4.98 Å². The highest BCUT2D eigenvalue weighted by molar-refractivity contribution is 7.90. The van der Waals surface area contributed by atoms with Gasteiger partial charge in [0.15, 0.2) is 16.5 Å². The van der Waals surface area contributed by atoms with E-state index in [9.17, 15) is 22.3 Å². The average Bonchev–Trinajstić information content (AvgIpc) is 3.59. The Bertz CT molecular complexity index is 1980. The topological polar surface area (TPSA) is 137 Å². The van der Waals surface area contributed by atoms with Crippen molar-refractivity contribution in [2.45, 2.75) is 77.0 Å². The van der Waals surface area contributed by atoms with Gasteiger partial charge in [-0.15, -0.1) is 0 Å². The first-order valence-corrected chi connectivity index (χ1v) is 22.0. The van der Waals surface area contributed by atoms with Crippen molar-refractivity contribution >= 4 is 44.7 Å². The zero-order valence-corrected chi connectivity index (χ0v) is 34.0. The highest BCUT2D eigenvalue weighted by Crippen LogP contribution is 2.34. The molecule has 1 aliphatic heterocycles. The number of hydrogen-bond donors (Lipinski definition) is 1. The van der Waals surface area contributed by atoms with Gasteiger partial charge in [-0.2, -0.15) is 8.42 Å². The number of ether oxygens (including phenoxy) is 2. The smallest absolute Gasteiger partial charge is 0.283 e. The van der Waals surface area contributed by atoms with E-state index in [-0.39, 0.29) is 11.4 Å². The summed E-state index contributed by atoms with van der Waals surface area (Å²) in [5.41, 5.74) is 5.31. The van der Waals surface area contributed by atoms with Gasteiger partial charge in [0.1, 0.15) is 12.4 Å². The van der Waals surface area contributed by atoms with Gasteiger partial charge >= 0.3 is 0 Å². The molecular weight excluding hydrogens is 737 g/mol. The molecule has 13 heteroatoms. The van der Waals surface area contributed by atoms with Gasteiger partial charge < -0.3 is 23.5 Å². The van der Waals surface area contributed by atoms with Crippen LogP contribution in [0.5, 0.6) is 5.75 Å². The van der Waals surface area contributed by atoms with Gasteiger partial charge in [-0.05, 0) is 114 Å². The number of imidazole rings is 1. The van der Waals surface area contributed by atoms with E-state index in [1.165, 1.54) is 0 Å². The first kappa shape index (κ1) is 42.0. The molecule has 2 heterocycles. The third kappa shape index (κ3) is 12.2. The van der Waals surface area contributed by atoms with E-state index in [1.54, 1.807) is 36.8 Å². The zero-order valence-electron chi connectivity index (χ0n) is 32.4. The minimum atomic E-state index is -4.60. The molecule has 0 spiro atoms. The fourth-order valence-corrected chi connectivity index (χ4v) is 8.29. The Morgan fingerprint density at radius 2 is 1.75 bits per heavy atom. The standard InChI is InChI=1S/C42H54N4O7S2/c1-5-7-22-52-23-24-53-39-15-10-33(11-16-39)34-12-19-41-36(25-34)26-35(9-8-21-44(41)28-32(3)4)42(47)46(31-55(49,50)51)37-13-17-40(18-14-37)54(48)29-38-27-43-30-45(38)20-6-2/h10-19,25-27,30,32H,5-9,20-24,28-29,31H2,1-4H3,(H,49,50,51)/b35-26+. The molecule has 1 aliphatic rings. The molecule has 1 amide bonds. The third-order valence-electron chi connectivity index (χ3n) is 9.25. The van der Waals surface area contributed by atoms with Crippen LogP contribution in [0.3, 0.4) is 0 Å². The second-order valence-electron chi connectivity index (χ2n) is 14.2. The number of carbonyl (C=O) groups is 1. The Balaban J connectivity index is 1.42. The molecule has 0 aliphatic carbocycles. The number of amides is 1. The predicted octanol–water partition coefficient (Wildman–Crippen LogP) is 7.98. The molecule has 5 rings (SSSR count). The summed E-state index contributed by atoms with van der Waals surface area (Å²) in [6.07, 6.45) is 9.40. The molecule has 1 N–H and O–H groups in total. The van der Waals surface area contributed by atoms with E-state index in [0.717, 1.165) is 77.7 Å². The average molecular weight is 791 g/mol. The summed E-state index contributed by atoms with van der Waals surface area (Å²) in [6.45, 7) is 12.6. The lowest BCUT2D eigenvalue weighted by Crippen LogP contribution is -2.37. The summed E-state index contributed by atoms with van der Waals surface area (Å²) >= 11 is -1.40. The molecule has 1 atom stereocenters. The summed E-state index contributed by atoms with van der Waals surface area (Å²) < 4.78 is 61.3. The Morgan fingerprint density at radius 1 is 1.00 bits per heavy atom. The lowest BCUT2D eigenvalue weighted by molar-refractivity contribution is -0.115. The van der Waals surface area contributed by atoms with E-state index >= 15 is 0 Å². The van der Waals surface area contributed by atoms with E-state index in [1.807, 2.05) is 34.9 Å². The van der Waals surface area contributed by atoms with Crippen LogP contribution >= 0.6 is 0 Å². The lowest BCUT2D eigenvalue weighted by atomic mass is 9.96. The maximum absolute atomic E-state index is 14.4. The molecule has 0 radical (unpaired) electrons. The number of anilines is 2. The van der Waals surface area contributed by atoms with Crippen molar-refractivity contribution in [1.29, 1.82) is 0 Å². The van der Waals surface area contributed by atoms with Crippen LogP contribution in [-0.4, -0.2) is 71.8 Å². The number of benzene rings is 3. The van der Waals surface area contributed by atoms with Gasteiger partial charge in [0, 0.05) is 43.2 Å². The highest BCUT2D eigenvalue weighted by Gasteiger charge is 2.27. The minimum absolute atomic E-state index is 0.266. The first-order valence-electron chi connectivity index (χ1n) is 19.1. The Hall–Kier alpha value is -4.14. The Kier molecular flexibility index (Phi) is 15.4. The van der Waals surface area contributed by atoms with Crippen LogP contribution < -0.4 is 14.5 Å². The van der Waals surface area contributed by atoms with Crippen molar-refractivity contribution in [2.75, 3.05) is 48.6 Å². The van der Waals surface area contributed by atoms with Gasteiger partial charge in [0.05, 0.1) is 24.8 Å². The van der Waals surface area contributed by atoms with Crippen LogP contribution in [0.1, 0.15) is 71.1 Å². The summed E-state index contributed by atoms with van der Waals surface area (Å²) in [4.78, 5) is 22.5. The summed E-state index contributed by atoms with van der Waals surface area (Å²) in [6, 6.07) is 20.5. The van der Waals surface area contributed by atoms with Crippen LogP contribution in [-0.2, 0) is 43.1 Å². The quantitative estimate of drug-likeness (QED) is 0.0570. The highest BCUT2D eigenvalue weighted by atomic mass is 32.2. The number of carbonyl (C=O) groups excluding carboxylic acids is 1. The maximum atomic E-state index is 14.4. The number of fused-ring (bicyclic) bond motifs is 1. The van der Waals surface area contributed by atoms with Crippen LogP contribution in [0.2, 0.25) is 0 Å². The van der Waals surface area contributed by atoms with Crippen molar-refractivity contribution in [3.05, 3.63) is 96.1 Å². The molecule has 0 saturated carbocycles. The van der Waals surface area contributed by atoms with Crippen molar-refractivity contribution in [2.24, 2.45) is 5.92 Å². The Morgan fingerprint density at radius 3 is 2.44 bits per heavy atom. The number of nitrogens with zero attached hydrogens (tertiary/aromatic N) is 4. The first-order chi connectivity index (χ1) is 26.5. The number of rotatable bonds is 19. The van der Waals surface area contributed by atoms with Crippen LogP contribution in [0.4, 0.5) is 11.4 Å². The van der Waals surface area contributed by atoms with Crippen molar-refractivity contribution in [3.63, 3.8) is 0 Å². The van der Waals surface area contributed by atoms with Crippen molar-refractivity contribution in [1.82, 2.24) is 9.55 Å². The second-order valence-corrected chi connectivity index (χ2v) is 17.1. The zero-order chi connectivity index (χ0) is 39.4. The fourth-order valence-electron chi connectivity index (χ4n) is 6.58. The molecule has 4 aromatic rings. The van der Waals surface area contributed by atoms with Gasteiger partial charge in [0.2, 0.25) is 0 Å². The van der Waals surface area contributed by atoms with Gasteiger partial charge in [0.25, 0.3) is 16.0 Å². The molecule has 55 heavy (non-hydrogen) atoms. The van der Waals surface area contributed by atoms with Gasteiger partial charge in [-0.3, -0.25) is 14.2 Å². The Labute approximate surface area is 329 Å². The van der Waals surface area contributed by atoms with Gasteiger partial charge in [-0.1, -0.05) is 52.3 Å². The van der Waals surface area contributed by atoms with E-state index in [2.05, 4.69) is 55.8 Å². The van der Waals surface area contributed by atoms with E-state index in [4.69, 9.17) is 9.47 Å². The number of aryl methyl sites for hydroxylation is 1. The van der Waals surface area contributed by atoms with E-state index < -0.39 is 33.1 Å². The fraction of sp³-hybridized carbons (Fsp3) is 0.429. The largest absolute Gasteiger partial charge is 0.611 e. The van der Waals surface area contributed by atoms with Crippen LogP contribution in [0.15, 0.2) is 89.7 Å².